The predicted octanol–water partition coefficient (Wildman–Crippen LogP) is 1.97. The Morgan fingerprint density at radius 3 is 2.46 bits per heavy atom. The van der Waals surface area contributed by atoms with E-state index in [0.717, 1.165) is 6.42 Å². The maximum atomic E-state index is 11.0. The lowest BCUT2D eigenvalue weighted by Crippen LogP contribution is -2.17. The van der Waals surface area contributed by atoms with E-state index in [2.05, 4.69) is 0 Å². The molecule has 1 atom stereocenters. The van der Waals surface area contributed by atoms with Crippen LogP contribution in [-0.2, 0) is 4.79 Å². The number of Topliss-reactive ketones (excluding diaryl/α,β-unsaturated/α-hetero) is 1. The molecule has 0 aromatic rings. The summed E-state index contributed by atoms with van der Waals surface area (Å²) in [7, 11) is 0. The third kappa shape index (κ3) is 4.40. The maximum absolute atomic E-state index is 11.0. The van der Waals surface area contributed by atoms with Gasteiger partial charge < -0.3 is 0 Å². The highest BCUT2D eigenvalue weighted by molar-refractivity contribution is 5.93. The summed E-state index contributed by atoms with van der Waals surface area (Å²) < 4.78 is 0. The van der Waals surface area contributed by atoms with Crippen molar-refractivity contribution in [2.45, 2.75) is 39.7 Å². The SMILES string of the molecule is CC/C=C(\CC(C)[N+](=O)[O-])C(C)=O. The molecule has 0 spiro atoms. The van der Waals surface area contributed by atoms with Crippen LogP contribution in [0.1, 0.15) is 33.6 Å². The number of carbonyl (C=O) groups is 1. The van der Waals surface area contributed by atoms with Crippen LogP contribution in [0.5, 0.6) is 0 Å². The maximum Gasteiger partial charge on any atom is 0.214 e. The number of carbonyl (C=O) groups excluding carboxylic acids is 1. The highest BCUT2D eigenvalue weighted by Gasteiger charge is 2.16. The minimum absolute atomic E-state index is 0.0736. The van der Waals surface area contributed by atoms with Gasteiger partial charge in [-0.1, -0.05) is 13.0 Å². The number of hydrogen-bond donors (Lipinski definition) is 0. The molecule has 74 valence electrons. The van der Waals surface area contributed by atoms with Gasteiger partial charge in [0.1, 0.15) is 0 Å². The van der Waals surface area contributed by atoms with E-state index in [0.29, 0.717) is 5.57 Å². The number of ketones is 1. The predicted molar refractivity (Wildman–Crippen MR) is 50.1 cm³/mol. The Balaban J connectivity index is 4.36. The first-order valence-corrected chi connectivity index (χ1v) is 4.32. The fourth-order valence-electron chi connectivity index (χ4n) is 1.01. The Hall–Kier alpha value is -1.19. The van der Waals surface area contributed by atoms with E-state index >= 15 is 0 Å². The molecule has 0 amide bonds. The van der Waals surface area contributed by atoms with Crippen LogP contribution in [0.3, 0.4) is 0 Å². The third-order valence-corrected chi connectivity index (χ3v) is 1.78. The fraction of sp³-hybridized carbons (Fsp3) is 0.667. The van der Waals surface area contributed by atoms with Gasteiger partial charge in [0, 0.05) is 18.3 Å². The van der Waals surface area contributed by atoms with E-state index in [1.165, 1.54) is 13.8 Å². The monoisotopic (exact) mass is 185 g/mol. The Kier molecular flexibility index (Phi) is 4.96. The second-order valence-electron chi connectivity index (χ2n) is 3.03. The van der Waals surface area contributed by atoms with E-state index in [4.69, 9.17) is 0 Å². The molecule has 0 aromatic heterocycles. The van der Waals surface area contributed by atoms with E-state index in [1.54, 1.807) is 6.08 Å². The molecule has 1 unspecified atom stereocenters. The molecule has 4 heteroatoms. The van der Waals surface area contributed by atoms with E-state index < -0.39 is 6.04 Å². The quantitative estimate of drug-likeness (QED) is 0.373. The van der Waals surface area contributed by atoms with Crippen LogP contribution in [0.4, 0.5) is 0 Å². The van der Waals surface area contributed by atoms with Gasteiger partial charge in [-0.2, -0.15) is 0 Å². The highest BCUT2D eigenvalue weighted by atomic mass is 16.6. The first-order chi connectivity index (χ1) is 5.99. The number of allylic oxidation sites excluding steroid dienone is 1. The van der Waals surface area contributed by atoms with Gasteiger partial charge in [-0.15, -0.1) is 0 Å². The van der Waals surface area contributed by atoms with Crippen molar-refractivity contribution in [2.24, 2.45) is 0 Å². The number of hydrogen-bond acceptors (Lipinski definition) is 3. The van der Waals surface area contributed by atoms with Crippen LogP contribution in [0.15, 0.2) is 11.6 Å². The molecule has 13 heavy (non-hydrogen) atoms. The van der Waals surface area contributed by atoms with Crippen LogP contribution in [0.2, 0.25) is 0 Å². The summed E-state index contributed by atoms with van der Waals surface area (Å²) in [4.78, 5) is 21.0. The molecule has 0 radical (unpaired) electrons. The number of nitrogens with zero attached hydrogens (tertiary/aromatic N) is 1. The number of rotatable bonds is 5. The second-order valence-corrected chi connectivity index (χ2v) is 3.03. The van der Waals surface area contributed by atoms with Gasteiger partial charge in [0.2, 0.25) is 6.04 Å². The molecule has 0 aliphatic carbocycles. The summed E-state index contributed by atoms with van der Waals surface area (Å²) in [5, 5.41) is 10.3. The normalized spacial score (nSPS) is 13.9. The molecule has 0 aromatic carbocycles. The van der Waals surface area contributed by atoms with Crippen molar-refractivity contribution in [1.82, 2.24) is 0 Å². The molecule has 0 saturated carbocycles. The van der Waals surface area contributed by atoms with Gasteiger partial charge in [0.15, 0.2) is 5.78 Å². The lowest BCUT2D eigenvalue weighted by Gasteiger charge is -2.04. The van der Waals surface area contributed by atoms with E-state index in [-0.39, 0.29) is 17.1 Å². The van der Waals surface area contributed by atoms with Gasteiger partial charge in [-0.3, -0.25) is 14.9 Å². The zero-order valence-corrected chi connectivity index (χ0v) is 8.24. The summed E-state index contributed by atoms with van der Waals surface area (Å²) >= 11 is 0. The topological polar surface area (TPSA) is 60.2 Å². The van der Waals surface area contributed by atoms with Crippen molar-refractivity contribution in [3.05, 3.63) is 21.8 Å². The summed E-state index contributed by atoms with van der Waals surface area (Å²) in [6.07, 6.45) is 2.72. The molecular weight excluding hydrogens is 170 g/mol. The Morgan fingerprint density at radius 2 is 2.15 bits per heavy atom. The smallest absolute Gasteiger partial charge is 0.214 e. The van der Waals surface area contributed by atoms with Crippen molar-refractivity contribution in [3.8, 4) is 0 Å². The molecule has 0 bridgehead atoms. The van der Waals surface area contributed by atoms with Crippen molar-refractivity contribution in [3.63, 3.8) is 0 Å². The summed E-state index contributed by atoms with van der Waals surface area (Å²) in [6, 6.07) is -0.679. The minimum atomic E-state index is -0.679. The largest absolute Gasteiger partial charge is 0.295 e. The Labute approximate surface area is 77.8 Å². The van der Waals surface area contributed by atoms with Crippen LogP contribution in [0.25, 0.3) is 0 Å². The molecule has 0 aliphatic heterocycles. The Morgan fingerprint density at radius 1 is 1.62 bits per heavy atom. The van der Waals surface area contributed by atoms with Crippen molar-refractivity contribution in [2.75, 3.05) is 0 Å². The van der Waals surface area contributed by atoms with Crippen LogP contribution < -0.4 is 0 Å². The zero-order valence-electron chi connectivity index (χ0n) is 8.24. The average molecular weight is 185 g/mol. The first-order valence-electron chi connectivity index (χ1n) is 4.32. The van der Waals surface area contributed by atoms with Crippen molar-refractivity contribution in [1.29, 1.82) is 0 Å². The third-order valence-electron chi connectivity index (χ3n) is 1.78. The molecule has 0 saturated heterocycles. The van der Waals surface area contributed by atoms with Gasteiger partial charge in [-0.25, -0.2) is 0 Å². The Bertz CT molecular complexity index is 233. The van der Waals surface area contributed by atoms with Crippen LogP contribution >= 0.6 is 0 Å². The van der Waals surface area contributed by atoms with Gasteiger partial charge in [-0.05, 0) is 18.9 Å². The van der Waals surface area contributed by atoms with E-state index in [1.807, 2.05) is 6.92 Å². The van der Waals surface area contributed by atoms with E-state index in [9.17, 15) is 14.9 Å². The van der Waals surface area contributed by atoms with Crippen LogP contribution in [0, 0.1) is 10.1 Å². The molecule has 0 aliphatic rings. The molecule has 0 fully saturated rings. The van der Waals surface area contributed by atoms with Gasteiger partial charge >= 0.3 is 0 Å². The lowest BCUT2D eigenvalue weighted by molar-refractivity contribution is -0.517. The standard InChI is InChI=1S/C9H15NO3/c1-4-5-9(8(3)11)6-7(2)10(12)13/h5,7H,4,6H2,1-3H3/b9-5+. The van der Waals surface area contributed by atoms with Gasteiger partial charge in [0.25, 0.3) is 0 Å². The summed E-state index contributed by atoms with van der Waals surface area (Å²) in [6.45, 7) is 4.85. The fourth-order valence-corrected chi connectivity index (χ4v) is 1.01. The summed E-state index contributed by atoms with van der Waals surface area (Å²) in [5.74, 6) is -0.0736. The average Bonchev–Trinajstić information content (AvgIpc) is 2.03. The molecule has 0 rings (SSSR count). The van der Waals surface area contributed by atoms with Crippen molar-refractivity contribution >= 4 is 5.78 Å². The molecule has 4 nitrogen and oxygen atoms in total. The summed E-state index contributed by atoms with van der Waals surface area (Å²) in [5.41, 5.74) is 0.562. The molecule has 0 heterocycles. The molecular formula is C9H15NO3. The minimum Gasteiger partial charge on any atom is -0.295 e. The number of nitro groups is 1. The lowest BCUT2D eigenvalue weighted by atomic mass is 10.0. The highest BCUT2D eigenvalue weighted by Crippen LogP contribution is 2.09. The van der Waals surface area contributed by atoms with Crippen LogP contribution in [-0.4, -0.2) is 16.7 Å². The molecule has 0 N–H and O–H groups in total. The van der Waals surface area contributed by atoms with Gasteiger partial charge in [0.05, 0.1) is 0 Å². The zero-order chi connectivity index (χ0) is 10.4. The first kappa shape index (κ1) is 11.8. The van der Waals surface area contributed by atoms with Crippen molar-refractivity contribution < 1.29 is 9.72 Å². The second kappa shape index (κ2) is 5.45.